The minimum atomic E-state index is 0.0919. The predicted molar refractivity (Wildman–Crippen MR) is 100 cm³/mol. The van der Waals surface area contributed by atoms with Crippen LogP contribution in [0.4, 0.5) is 0 Å². The highest BCUT2D eigenvalue weighted by Crippen LogP contribution is 2.17. The number of hydrogen-bond donors (Lipinski definition) is 0. The minimum Gasteiger partial charge on any atom is -0.497 e. The third-order valence-electron chi connectivity index (χ3n) is 4.92. The molecule has 0 aromatic heterocycles. The van der Waals surface area contributed by atoms with Gasteiger partial charge < -0.3 is 9.64 Å². The van der Waals surface area contributed by atoms with E-state index >= 15 is 0 Å². The van der Waals surface area contributed by atoms with Crippen LogP contribution in [0, 0.1) is 0 Å². The number of amides is 1. The third-order valence-corrected chi connectivity index (χ3v) is 4.92. The lowest BCUT2D eigenvalue weighted by atomic mass is 10.1. The van der Waals surface area contributed by atoms with E-state index in [-0.39, 0.29) is 5.91 Å². The van der Waals surface area contributed by atoms with E-state index < -0.39 is 0 Å². The van der Waals surface area contributed by atoms with Gasteiger partial charge in [0.15, 0.2) is 0 Å². The molecule has 2 aromatic rings. The van der Waals surface area contributed by atoms with Crippen molar-refractivity contribution < 1.29 is 9.53 Å². The quantitative estimate of drug-likeness (QED) is 0.840. The van der Waals surface area contributed by atoms with E-state index in [4.69, 9.17) is 4.74 Å². The zero-order valence-electron chi connectivity index (χ0n) is 15.0. The first-order valence-corrected chi connectivity index (χ1v) is 8.88. The Hall–Kier alpha value is -2.33. The molecule has 0 N–H and O–H groups in total. The lowest BCUT2D eigenvalue weighted by molar-refractivity contribution is 0.0582. The predicted octanol–water partition coefficient (Wildman–Crippen LogP) is 3.08. The number of benzene rings is 2. The Morgan fingerprint density at radius 2 is 1.76 bits per heavy atom. The maximum atomic E-state index is 12.7. The molecular weight excluding hydrogens is 312 g/mol. The fraction of sp³-hybridized carbons (Fsp3) is 0.381. The molecule has 132 valence electrons. The van der Waals surface area contributed by atoms with Crippen LogP contribution in [0.5, 0.6) is 5.75 Å². The summed E-state index contributed by atoms with van der Waals surface area (Å²) in [6, 6.07) is 18.5. The molecule has 0 bridgehead atoms. The summed E-state index contributed by atoms with van der Waals surface area (Å²) in [5.74, 6) is 0.815. The van der Waals surface area contributed by atoms with Gasteiger partial charge in [-0.2, -0.15) is 0 Å². The normalized spacial score (nSPS) is 16.5. The summed E-state index contributed by atoms with van der Waals surface area (Å²) >= 11 is 0. The van der Waals surface area contributed by atoms with Crippen molar-refractivity contribution in [1.82, 2.24) is 9.80 Å². The van der Waals surface area contributed by atoms with Crippen molar-refractivity contribution >= 4 is 5.91 Å². The van der Waals surface area contributed by atoms with Crippen LogP contribution in [0.2, 0.25) is 0 Å². The second kappa shape index (κ2) is 8.17. The second-order valence-electron chi connectivity index (χ2n) is 6.60. The average molecular weight is 338 g/mol. The van der Waals surface area contributed by atoms with Crippen LogP contribution in [-0.2, 0) is 6.42 Å². The van der Waals surface area contributed by atoms with E-state index in [9.17, 15) is 4.79 Å². The molecule has 3 rings (SSSR count). The van der Waals surface area contributed by atoms with E-state index in [1.165, 1.54) is 5.56 Å². The lowest BCUT2D eigenvalue weighted by Crippen LogP contribution is -2.51. The number of piperazine rings is 1. The highest BCUT2D eigenvalue weighted by molar-refractivity contribution is 5.94. The lowest BCUT2D eigenvalue weighted by Gasteiger charge is -2.38. The fourth-order valence-corrected chi connectivity index (χ4v) is 3.39. The number of ether oxygens (including phenoxy) is 1. The van der Waals surface area contributed by atoms with Crippen LogP contribution in [0.25, 0.3) is 0 Å². The van der Waals surface area contributed by atoms with Crippen LogP contribution in [0.15, 0.2) is 54.6 Å². The zero-order chi connectivity index (χ0) is 17.6. The van der Waals surface area contributed by atoms with Crippen LogP contribution >= 0.6 is 0 Å². The smallest absolute Gasteiger partial charge is 0.254 e. The van der Waals surface area contributed by atoms with Gasteiger partial charge in [-0.05, 0) is 37.1 Å². The molecule has 2 aromatic carbocycles. The van der Waals surface area contributed by atoms with Gasteiger partial charge in [-0.15, -0.1) is 0 Å². The number of rotatable bonds is 5. The Balaban J connectivity index is 1.55. The molecule has 0 spiro atoms. The van der Waals surface area contributed by atoms with Gasteiger partial charge in [-0.1, -0.05) is 36.4 Å². The number of hydrogen-bond acceptors (Lipinski definition) is 3. The summed E-state index contributed by atoms with van der Waals surface area (Å²) in [5.41, 5.74) is 2.06. The Bertz CT molecular complexity index is 694. The van der Waals surface area contributed by atoms with Gasteiger partial charge in [-0.3, -0.25) is 9.69 Å². The molecule has 4 nitrogen and oxygen atoms in total. The molecule has 1 aliphatic rings. The SMILES string of the molecule is COc1cccc(C(=O)N2CCN(C(C)Cc3ccccc3)CC2)c1. The molecule has 0 aliphatic carbocycles. The maximum Gasteiger partial charge on any atom is 0.254 e. The largest absolute Gasteiger partial charge is 0.497 e. The van der Waals surface area contributed by atoms with Crippen molar-refractivity contribution in [2.24, 2.45) is 0 Å². The Labute approximate surface area is 150 Å². The zero-order valence-corrected chi connectivity index (χ0v) is 15.0. The summed E-state index contributed by atoms with van der Waals surface area (Å²) in [6.07, 6.45) is 1.05. The average Bonchev–Trinajstić information content (AvgIpc) is 2.68. The van der Waals surface area contributed by atoms with Gasteiger partial charge in [0.1, 0.15) is 5.75 Å². The van der Waals surface area contributed by atoms with Crippen LogP contribution in [0.3, 0.4) is 0 Å². The molecule has 1 aliphatic heterocycles. The fourth-order valence-electron chi connectivity index (χ4n) is 3.39. The highest BCUT2D eigenvalue weighted by atomic mass is 16.5. The van der Waals surface area contributed by atoms with Gasteiger partial charge in [0, 0.05) is 37.8 Å². The Kier molecular flexibility index (Phi) is 5.71. The maximum absolute atomic E-state index is 12.7. The monoisotopic (exact) mass is 338 g/mol. The molecule has 0 saturated carbocycles. The molecule has 1 saturated heterocycles. The van der Waals surface area contributed by atoms with E-state index in [1.807, 2.05) is 29.2 Å². The van der Waals surface area contributed by atoms with Crippen LogP contribution in [-0.4, -0.2) is 55.0 Å². The first kappa shape index (κ1) is 17.5. The number of carbonyl (C=O) groups is 1. The van der Waals surface area contributed by atoms with Gasteiger partial charge in [-0.25, -0.2) is 0 Å². The minimum absolute atomic E-state index is 0.0919. The molecule has 1 unspecified atom stereocenters. The summed E-state index contributed by atoms with van der Waals surface area (Å²) in [4.78, 5) is 17.1. The topological polar surface area (TPSA) is 32.8 Å². The van der Waals surface area contributed by atoms with Crippen molar-refractivity contribution in [2.45, 2.75) is 19.4 Å². The Morgan fingerprint density at radius 3 is 2.44 bits per heavy atom. The van der Waals surface area contributed by atoms with E-state index in [0.29, 0.717) is 11.6 Å². The van der Waals surface area contributed by atoms with Crippen molar-refractivity contribution in [3.05, 3.63) is 65.7 Å². The molecule has 1 atom stereocenters. The van der Waals surface area contributed by atoms with Gasteiger partial charge in [0.2, 0.25) is 0 Å². The summed E-state index contributed by atoms with van der Waals surface area (Å²) < 4.78 is 5.22. The molecule has 25 heavy (non-hydrogen) atoms. The van der Waals surface area contributed by atoms with Gasteiger partial charge in [0.05, 0.1) is 7.11 Å². The van der Waals surface area contributed by atoms with Crippen LogP contribution in [0.1, 0.15) is 22.8 Å². The third kappa shape index (κ3) is 4.40. The highest BCUT2D eigenvalue weighted by Gasteiger charge is 2.25. The van der Waals surface area contributed by atoms with Crippen molar-refractivity contribution in [3.8, 4) is 5.75 Å². The van der Waals surface area contributed by atoms with Gasteiger partial charge in [0.25, 0.3) is 5.91 Å². The second-order valence-corrected chi connectivity index (χ2v) is 6.60. The molecule has 1 fully saturated rings. The molecule has 1 amide bonds. The number of nitrogens with zero attached hydrogens (tertiary/aromatic N) is 2. The Morgan fingerprint density at radius 1 is 1.04 bits per heavy atom. The molecule has 4 heteroatoms. The first-order valence-electron chi connectivity index (χ1n) is 8.88. The summed E-state index contributed by atoms with van der Waals surface area (Å²) in [6.45, 7) is 5.66. The summed E-state index contributed by atoms with van der Waals surface area (Å²) in [7, 11) is 1.62. The first-order chi connectivity index (χ1) is 12.2. The van der Waals surface area contributed by atoms with Crippen molar-refractivity contribution in [2.75, 3.05) is 33.3 Å². The van der Waals surface area contributed by atoms with E-state index in [0.717, 1.165) is 38.3 Å². The standard InChI is InChI=1S/C21H26N2O2/c1-17(15-18-7-4-3-5-8-18)22-11-13-23(14-12-22)21(24)19-9-6-10-20(16-19)25-2/h3-10,16-17H,11-15H2,1-2H3. The molecule has 0 radical (unpaired) electrons. The van der Waals surface area contributed by atoms with E-state index in [2.05, 4.69) is 42.2 Å². The van der Waals surface area contributed by atoms with Gasteiger partial charge >= 0.3 is 0 Å². The summed E-state index contributed by atoms with van der Waals surface area (Å²) in [5, 5.41) is 0. The van der Waals surface area contributed by atoms with Crippen molar-refractivity contribution in [3.63, 3.8) is 0 Å². The van der Waals surface area contributed by atoms with Crippen LogP contribution < -0.4 is 4.74 Å². The molecular formula is C21H26N2O2. The van der Waals surface area contributed by atoms with E-state index in [1.54, 1.807) is 7.11 Å². The molecule has 1 heterocycles. The number of carbonyl (C=O) groups excluding carboxylic acids is 1. The number of methoxy groups -OCH3 is 1. The van der Waals surface area contributed by atoms with Crippen molar-refractivity contribution in [1.29, 1.82) is 0 Å².